The van der Waals surface area contributed by atoms with Crippen LogP contribution < -0.4 is 20.1 Å². The van der Waals surface area contributed by atoms with E-state index in [0.717, 1.165) is 5.75 Å². The van der Waals surface area contributed by atoms with Crippen molar-refractivity contribution in [3.63, 3.8) is 0 Å². The van der Waals surface area contributed by atoms with Crippen molar-refractivity contribution in [2.24, 2.45) is 0 Å². The van der Waals surface area contributed by atoms with E-state index in [-0.39, 0.29) is 18.2 Å². The normalized spacial score (nSPS) is 9.91. The highest BCUT2D eigenvalue weighted by Gasteiger charge is 2.08. The smallest absolute Gasteiger partial charge is 0.229 e. The summed E-state index contributed by atoms with van der Waals surface area (Å²) < 4.78 is 15.3. The van der Waals surface area contributed by atoms with Gasteiger partial charge in [-0.3, -0.25) is 9.59 Å². The van der Waals surface area contributed by atoms with Crippen molar-refractivity contribution in [3.8, 4) is 11.5 Å². The molecule has 0 fully saturated rings. The van der Waals surface area contributed by atoms with Crippen molar-refractivity contribution in [1.82, 2.24) is 10.6 Å². The summed E-state index contributed by atoms with van der Waals surface area (Å²) in [4.78, 5) is 22.9. The van der Waals surface area contributed by atoms with Gasteiger partial charge < -0.3 is 24.8 Å². The van der Waals surface area contributed by atoms with Crippen LogP contribution in [0.1, 0.15) is 6.42 Å². The molecule has 2 N–H and O–H groups in total. The van der Waals surface area contributed by atoms with Crippen LogP contribution in [0.2, 0.25) is 0 Å². The van der Waals surface area contributed by atoms with E-state index < -0.39 is 0 Å². The number of rotatable bonds is 10. The number of ether oxygens (including phenoxy) is 3. The van der Waals surface area contributed by atoms with Crippen LogP contribution in [0.15, 0.2) is 24.3 Å². The average Bonchev–Trinajstić information content (AvgIpc) is 2.52. The van der Waals surface area contributed by atoms with Gasteiger partial charge in [0.1, 0.15) is 24.5 Å². The average molecular weight is 310 g/mol. The third-order valence-corrected chi connectivity index (χ3v) is 2.70. The predicted octanol–water partition coefficient (Wildman–Crippen LogP) is 0.343. The third kappa shape index (κ3) is 7.49. The summed E-state index contributed by atoms with van der Waals surface area (Å²) in [5, 5.41) is 5.19. The van der Waals surface area contributed by atoms with Crippen LogP contribution in [0.5, 0.6) is 11.5 Å². The Labute approximate surface area is 129 Å². The molecule has 0 aromatic heterocycles. The van der Waals surface area contributed by atoms with E-state index in [4.69, 9.17) is 14.2 Å². The fourth-order valence-electron chi connectivity index (χ4n) is 1.59. The molecule has 0 atom stereocenters. The molecular formula is C15H22N2O5. The molecule has 22 heavy (non-hydrogen) atoms. The molecule has 0 heterocycles. The molecule has 2 amide bonds. The number of methoxy groups -OCH3 is 2. The van der Waals surface area contributed by atoms with Crippen LogP contribution >= 0.6 is 0 Å². The second kappa shape index (κ2) is 10.4. The van der Waals surface area contributed by atoms with Gasteiger partial charge in [0.15, 0.2) is 0 Å². The van der Waals surface area contributed by atoms with E-state index in [9.17, 15) is 9.59 Å². The zero-order chi connectivity index (χ0) is 16.2. The summed E-state index contributed by atoms with van der Waals surface area (Å²) in [6, 6.07) is 7.14. The molecule has 0 radical (unpaired) electrons. The fourth-order valence-corrected chi connectivity index (χ4v) is 1.59. The van der Waals surface area contributed by atoms with Gasteiger partial charge >= 0.3 is 0 Å². The molecule has 7 nitrogen and oxygen atoms in total. The maximum atomic E-state index is 11.5. The predicted molar refractivity (Wildman–Crippen MR) is 81.0 cm³/mol. The lowest BCUT2D eigenvalue weighted by molar-refractivity contribution is -0.129. The Morgan fingerprint density at radius 1 is 0.909 bits per heavy atom. The molecule has 1 rings (SSSR count). The van der Waals surface area contributed by atoms with Crippen molar-refractivity contribution in [2.45, 2.75) is 6.42 Å². The lowest BCUT2D eigenvalue weighted by atomic mass is 10.3. The molecule has 7 heteroatoms. The minimum Gasteiger partial charge on any atom is -0.497 e. The SMILES string of the molecule is COCCNC(=O)CC(=O)NCCOc1ccc(OC)cc1. The maximum Gasteiger partial charge on any atom is 0.229 e. The zero-order valence-corrected chi connectivity index (χ0v) is 12.9. The summed E-state index contributed by atoms with van der Waals surface area (Å²) in [6.07, 6.45) is -0.202. The molecule has 0 saturated heterocycles. The topological polar surface area (TPSA) is 85.9 Å². The van der Waals surface area contributed by atoms with Gasteiger partial charge in [-0.05, 0) is 24.3 Å². The van der Waals surface area contributed by atoms with E-state index in [1.165, 1.54) is 0 Å². The first-order chi connectivity index (χ1) is 10.7. The lowest BCUT2D eigenvalue weighted by Crippen LogP contribution is -2.35. The van der Waals surface area contributed by atoms with Crippen LogP contribution in [-0.4, -0.2) is 52.3 Å². The molecule has 0 bridgehead atoms. The molecule has 0 aliphatic carbocycles. The minimum atomic E-state index is -0.340. The molecule has 1 aromatic rings. The summed E-state index contributed by atoms with van der Waals surface area (Å²) in [5.74, 6) is 0.770. The Bertz CT molecular complexity index is 462. The minimum absolute atomic E-state index is 0.202. The Hall–Kier alpha value is -2.28. The molecule has 122 valence electrons. The Morgan fingerprint density at radius 3 is 2.00 bits per heavy atom. The van der Waals surface area contributed by atoms with Crippen LogP contribution in [0.4, 0.5) is 0 Å². The molecule has 0 spiro atoms. The van der Waals surface area contributed by atoms with Crippen LogP contribution in [0, 0.1) is 0 Å². The number of nitrogens with one attached hydrogen (secondary N) is 2. The second-order valence-electron chi connectivity index (χ2n) is 4.39. The van der Waals surface area contributed by atoms with E-state index in [1.54, 1.807) is 38.5 Å². The van der Waals surface area contributed by atoms with Gasteiger partial charge in [0.2, 0.25) is 11.8 Å². The molecule has 0 aliphatic rings. The van der Waals surface area contributed by atoms with Crippen molar-refractivity contribution in [3.05, 3.63) is 24.3 Å². The zero-order valence-electron chi connectivity index (χ0n) is 12.9. The summed E-state index contributed by atoms with van der Waals surface area (Å²) >= 11 is 0. The van der Waals surface area contributed by atoms with Gasteiger partial charge in [0.25, 0.3) is 0 Å². The fraction of sp³-hybridized carbons (Fsp3) is 0.467. The molecule has 1 aromatic carbocycles. The molecule has 0 unspecified atom stereocenters. The first-order valence-corrected chi connectivity index (χ1v) is 6.95. The summed E-state index contributed by atoms with van der Waals surface area (Å²) in [5.41, 5.74) is 0. The van der Waals surface area contributed by atoms with E-state index in [0.29, 0.717) is 32.1 Å². The van der Waals surface area contributed by atoms with Crippen molar-refractivity contribution in [2.75, 3.05) is 40.5 Å². The van der Waals surface area contributed by atoms with Gasteiger partial charge in [-0.25, -0.2) is 0 Å². The van der Waals surface area contributed by atoms with Crippen LogP contribution in [0.25, 0.3) is 0 Å². The summed E-state index contributed by atoms with van der Waals surface area (Å²) in [7, 11) is 3.14. The van der Waals surface area contributed by atoms with Crippen LogP contribution in [0.3, 0.4) is 0 Å². The van der Waals surface area contributed by atoms with Gasteiger partial charge in [-0.1, -0.05) is 0 Å². The quantitative estimate of drug-likeness (QED) is 0.481. The monoisotopic (exact) mass is 310 g/mol. The van der Waals surface area contributed by atoms with Crippen LogP contribution in [-0.2, 0) is 14.3 Å². The number of carbonyl (C=O) groups excluding carboxylic acids is 2. The first-order valence-electron chi connectivity index (χ1n) is 6.95. The standard InChI is InChI=1S/C15H22N2O5/c1-20-9-7-16-14(18)11-15(19)17-8-10-22-13-5-3-12(21-2)4-6-13/h3-6H,7-11H2,1-2H3,(H,16,18)(H,17,19). The Morgan fingerprint density at radius 2 is 1.45 bits per heavy atom. The van der Waals surface area contributed by atoms with Crippen molar-refractivity contribution < 1.29 is 23.8 Å². The number of carbonyl (C=O) groups is 2. The molecule has 0 aliphatic heterocycles. The van der Waals surface area contributed by atoms with Gasteiger partial charge in [0, 0.05) is 13.7 Å². The first kappa shape index (κ1) is 17.8. The highest BCUT2D eigenvalue weighted by atomic mass is 16.5. The van der Waals surface area contributed by atoms with Gasteiger partial charge in [-0.2, -0.15) is 0 Å². The van der Waals surface area contributed by atoms with E-state index >= 15 is 0 Å². The third-order valence-electron chi connectivity index (χ3n) is 2.70. The number of amides is 2. The second-order valence-corrected chi connectivity index (χ2v) is 4.39. The van der Waals surface area contributed by atoms with Gasteiger partial charge in [-0.15, -0.1) is 0 Å². The highest BCUT2D eigenvalue weighted by Crippen LogP contribution is 2.16. The van der Waals surface area contributed by atoms with E-state index in [2.05, 4.69) is 10.6 Å². The highest BCUT2D eigenvalue weighted by molar-refractivity contribution is 5.96. The molecular weight excluding hydrogens is 288 g/mol. The van der Waals surface area contributed by atoms with Gasteiger partial charge in [0.05, 0.1) is 20.3 Å². The van der Waals surface area contributed by atoms with Crippen molar-refractivity contribution >= 4 is 11.8 Å². The number of hydrogen-bond donors (Lipinski definition) is 2. The van der Waals surface area contributed by atoms with E-state index in [1.807, 2.05) is 0 Å². The Kier molecular flexibility index (Phi) is 8.44. The maximum absolute atomic E-state index is 11.5. The largest absolute Gasteiger partial charge is 0.497 e. The molecule has 0 saturated carbocycles. The van der Waals surface area contributed by atoms with Crippen molar-refractivity contribution in [1.29, 1.82) is 0 Å². The number of hydrogen-bond acceptors (Lipinski definition) is 5. The lowest BCUT2D eigenvalue weighted by Gasteiger charge is -2.08. The Balaban J connectivity index is 2.12. The number of benzene rings is 1. The summed E-state index contributed by atoms with van der Waals surface area (Å²) in [6.45, 7) is 1.46.